The lowest BCUT2D eigenvalue weighted by atomic mass is 9.95. The van der Waals surface area contributed by atoms with Crippen LogP contribution in [-0.4, -0.2) is 15.9 Å². The fourth-order valence-electron chi connectivity index (χ4n) is 2.19. The first-order valence-corrected chi connectivity index (χ1v) is 6.92. The molecule has 0 bridgehead atoms. The number of rotatable bonds is 3. The van der Waals surface area contributed by atoms with Gasteiger partial charge in [-0.1, -0.05) is 53.5 Å². The lowest BCUT2D eigenvalue weighted by molar-refractivity contribution is -0.118. The second-order valence-electron chi connectivity index (χ2n) is 4.73. The molecule has 6 heteroatoms. The zero-order chi connectivity index (χ0) is 14.2. The van der Waals surface area contributed by atoms with E-state index in [1.807, 2.05) is 30.3 Å². The maximum atomic E-state index is 12.5. The van der Waals surface area contributed by atoms with Crippen molar-refractivity contribution in [1.29, 1.82) is 0 Å². The molecule has 0 aliphatic heterocycles. The number of carbonyl (C=O) groups is 1. The Morgan fingerprint density at radius 1 is 1.15 bits per heavy atom. The van der Waals surface area contributed by atoms with Crippen LogP contribution in [-0.2, 0) is 10.2 Å². The fourth-order valence-corrected chi connectivity index (χ4v) is 2.47. The van der Waals surface area contributed by atoms with Crippen molar-refractivity contribution in [2.45, 2.75) is 18.3 Å². The Labute approximate surface area is 126 Å². The van der Waals surface area contributed by atoms with E-state index in [1.54, 1.807) is 0 Å². The molecule has 1 aromatic heterocycles. The number of halogens is 2. The number of carbonyl (C=O) groups excluding carboxylic acids is 1. The van der Waals surface area contributed by atoms with Gasteiger partial charge < -0.3 is 5.32 Å². The number of benzene rings is 1. The second kappa shape index (κ2) is 5.04. The quantitative estimate of drug-likeness (QED) is 0.884. The minimum atomic E-state index is -0.470. The zero-order valence-electron chi connectivity index (χ0n) is 10.4. The van der Waals surface area contributed by atoms with Crippen molar-refractivity contribution in [1.82, 2.24) is 9.97 Å². The third-order valence-electron chi connectivity index (χ3n) is 3.49. The van der Waals surface area contributed by atoms with Gasteiger partial charge in [-0.15, -0.1) is 0 Å². The Hall–Kier alpha value is -1.65. The SMILES string of the molecule is O=C(Nc1ncnc(Cl)c1Cl)C1(c2ccccc2)CC1. The van der Waals surface area contributed by atoms with Gasteiger partial charge >= 0.3 is 0 Å². The van der Waals surface area contributed by atoms with Crippen LogP contribution in [0.15, 0.2) is 36.7 Å². The van der Waals surface area contributed by atoms with Gasteiger partial charge in [0, 0.05) is 0 Å². The van der Waals surface area contributed by atoms with Crippen LogP contribution < -0.4 is 5.32 Å². The summed E-state index contributed by atoms with van der Waals surface area (Å²) in [7, 11) is 0. The van der Waals surface area contributed by atoms with Crippen LogP contribution in [0.4, 0.5) is 5.82 Å². The third kappa shape index (κ3) is 2.25. The standard InChI is InChI=1S/C14H11Cl2N3O/c15-10-11(16)17-8-18-12(10)19-13(20)14(6-7-14)9-4-2-1-3-5-9/h1-5,8H,6-7H2,(H,17,18,19,20). The van der Waals surface area contributed by atoms with Crippen LogP contribution in [0, 0.1) is 0 Å². The molecule has 0 radical (unpaired) electrons. The Morgan fingerprint density at radius 3 is 2.50 bits per heavy atom. The van der Waals surface area contributed by atoms with Crippen molar-refractivity contribution in [2.75, 3.05) is 5.32 Å². The van der Waals surface area contributed by atoms with Gasteiger partial charge in [-0.25, -0.2) is 9.97 Å². The first-order valence-electron chi connectivity index (χ1n) is 6.16. The fraction of sp³-hybridized carbons (Fsp3) is 0.214. The van der Waals surface area contributed by atoms with Gasteiger partial charge in [-0.2, -0.15) is 0 Å². The monoisotopic (exact) mass is 307 g/mol. The molecule has 0 unspecified atom stereocenters. The molecule has 0 saturated heterocycles. The normalized spacial score (nSPS) is 15.7. The van der Waals surface area contributed by atoms with Crippen molar-refractivity contribution in [3.05, 3.63) is 52.4 Å². The van der Waals surface area contributed by atoms with E-state index in [0.29, 0.717) is 0 Å². The van der Waals surface area contributed by atoms with Crippen molar-refractivity contribution in [3.8, 4) is 0 Å². The van der Waals surface area contributed by atoms with Crippen LogP contribution in [0.3, 0.4) is 0 Å². The van der Waals surface area contributed by atoms with E-state index in [4.69, 9.17) is 23.2 Å². The predicted molar refractivity (Wildman–Crippen MR) is 78.0 cm³/mol. The molecule has 2 aromatic rings. The minimum absolute atomic E-state index is 0.111. The lowest BCUT2D eigenvalue weighted by Gasteiger charge is -2.15. The highest BCUT2D eigenvalue weighted by atomic mass is 35.5. The van der Waals surface area contributed by atoms with E-state index in [2.05, 4.69) is 15.3 Å². The molecule has 1 aliphatic rings. The molecule has 102 valence electrons. The predicted octanol–water partition coefficient (Wildman–Crippen LogP) is 3.45. The maximum Gasteiger partial charge on any atom is 0.236 e. The molecule has 1 N–H and O–H groups in total. The Balaban J connectivity index is 1.86. The van der Waals surface area contributed by atoms with E-state index in [9.17, 15) is 4.79 Å². The van der Waals surface area contributed by atoms with Crippen molar-refractivity contribution in [3.63, 3.8) is 0 Å². The van der Waals surface area contributed by atoms with Crippen LogP contribution in [0.25, 0.3) is 0 Å². The maximum absolute atomic E-state index is 12.5. The Morgan fingerprint density at radius 2 is 1.85 bits per heavy atom. The highest BCUT2D eigenvalue weighted by molar-refractivity contribution is 6.43. The van der Waals surface area contributed by atoms with E-state index in [-0.39, 0.29) is 21.9 Å². The summed E-state index contributed by atoms with van der Waals surface area (Å²) >= 11 is 11.8. The van der Waals surface area contributed by atoms with E-state index in [0.717, 1.165) is 18.4 Å². The summed E-state index contributed by atoms with van der Waals surface area (Å²) in [6.07, 6.45) is 2.91. The van der Waals surface area contributed by atoms with Gasteiger partial charge in [-0.3, -0.25) is 4.79 Å². The van der Waals surface area contributed by atoms with Gasteiger partial charge in [0.1, 0.15) is 11.3 Å². The van der Waals surface area contributed by atoms with Gasteiger partial charge in [0.15, 0.2) is 11.0 Å². The first kappa shape index (κ1) is 13.3. The summed E-state index contributed by atoms with van der Waals surface area (Å²) in [6.45, 7) is 0. The topological polar surface area (TPSA) is 54.9 Å². The van der Waals surface area contributed by atoms with Crippen LogP contribution >= 0.6 is 23.2 Å². The van der Waals surface area contributed by atoms with Crippen LogP contribution in [0.5, 0.6) is 0 Å². The summed E-state index contributed by atoms with van der Waals surface area (Å²) in [4.78, 5) is 20.2. The molecule has 0 spiro atoms. The van der Waals surface area contributed by atoms with Crippen molar-refractivity contribution < 1.29 is 4.79 Å². The summed E-state index contributed by atoms with van der Waals surface area (Å²) in [6, 6.07) is 9.70. The molecule has 1 aromatic carbocycles. The van der Waals surface area contributed by atoms with Crippen LogP contribution in [0.2, 0.25) is 10.2 Å². The van der Waals surface area contributed by atoms with Gasteiger partial charge in [-0.05, 0) is 18.4 Å². The van der Waals surface area contributed by atoms with Crippen LogP contribution in [0.1, 0.15) is 18.4 Å². The average molecular weight is 308 g/mol. The van der Waals surface area contributed by atoms with Crippen molar-refractivity contribution in [2.24, 2.45) is 0 Å². The largest absolute Gasteiger partial charge is 0.309 e. The number of amides is 1. The number of anilines is 1. The Kier molecular flexibility index (Phi) is 3.36. The molecule has 1 saturated carbocycles. The summed E-state index contributed by atoms with van der Waals surface area (Å²) in [5, 5.41) is 3.03. The smallest absolute Gasteiger partial charge is 0.236 e. The second-order valence-corrected chi connectivity index (χ2v) is 5.47. The highest BCUT2D eigenvalue weighted by Gasteiger charge is 2.51. The van der Waals surface area contributed by atoms with E-state index >= 15 is 0 Å². The number of nitrogens with zero attached hydrogens (tertiary/aromatic N) is 2. The molecule has 1 heterocycles. The number of nitrogens with one attached hydrogen (secondary N) is 1. The van der Waals surface area contributed by atoms with Gasteiger partial charge in [0.2, 0.25) is 5.91 Å². The average Bonchev–Trinajstić information content (AvgIpc) is 3.26. The molecule has 3 rings (SSSR count). The molecule has 1 amide bonds. The minimum Gasteiger partial charge on any atom is -0.309 e. The Bertz CT molecular complexity index is 657. The van der Waals surface area contributed by atoms with Crippen molar-refractivity contribution >= 4 is 34.9 Å². The highest BCUT2D eigenvalue weighted by Crippen LogP contribution is 2.49. The molecular weight excluding hydrogens is 297 g/mol. The molecule has 20 heavy (non-hydrogen) atoms. The van der Waals surface area contributed by atoms with E-state index < -0.39 is 5.41 Å². The molecule has 1 fully saturated rings. The molecular formula is C14H11Cl2N3O. The molecule has 0 atom stereocenters. The summed E-state index contributed by atoms with van der Waals surface area (Å²) < 4.78 is 0. The van der Waals surface area contributed by atoms with Gasteiger partial charge in [0.05, 0.1) is 5.41 Å². The lowest BCUT2D eigenvalue weighted by Crippen LogP contribution is -2.28. The first-order chi connectivity index (χ1) is 9.63. The molecule has 4 nitrogen and oxygen atoms in total. The summed E-state index contributed by atoms with van der Waals surface area (Å²) in [5.74, 6) is 0.138. The van der Waals surface area contributed by atoms with E-state index in [1.165, 1.54) is 6.33 Å². The zero-order valence-corrected chi connectivity index (χ0v) is 11.9. The van der Waals surface area contributed by atoms with Gasteiger partial charge in [0.25, 0.3) is 0 Å². The summed E-state index contributed by atoms with van der Waals surface area (Å²) in [5.41, 5.74) is 0.538. The number of aromatic nitrogens is 2. The third-order valence-corrected chi connectivity index (χ3v) is 4.23. The molecule has 1 aliphatic carbocycles. The number of hydrogen-bond acceptors (Lipinski definition) is 3. The number of hydrogen-bond donors (Lipinski definition) is 1.